The molecule has 3 rings (SSSR count). The van der Waals surface area contributed by atoms with E-state index >= 15 is 0 Å². The topological polar surface area (TPSA) is 56.9 Å². The van der Waals surface area contributed by atoms with Crippen molar-refractivity contribution in [3.63, 3.8) is 0 Å². The second-order valence-electron chi connectivity index (χ2n) is 6.57. The summed E-state index contributed by atoms with van der Waals surface area (Å²) < 4.78 is 16.6. The van der Waals surface area contributed by atoms with Gasteiger partial charge in [-0.1, -0.05) is 18.0 Å². The summed E-state index contributed by atoms with van der Waals surface area (Å²) in [6.45, 7) is 5.42. The van der Waals surface area contributed by atoms with Gasteiger partial charge in [-0.05, 0) is 51.0 Å². The Morgan fingerprint density at radius 1 is 1.12 bits per heavy atom. The largest absolute Gasteiger partial charge is 0.494 e. The molecule has 0 radical (unpaired) electrons. The van der Waals surface area contributed by atoms with Crippen molar-refractivity contribution in [3.05, 3.63) is 47.3 Å². The molecule has 0 saturated heterocycles. The minimum Gasteiger partial charge on any atom is -0.494 e. The van der Waals surface area contributed by atoms with Gasteiger partial charge in [-0.15, -0.1) is 0 Å². The van der Waals surface area contributed by atoms with Crippen LogP contribution in [0.15, 0.2) is 39.8 Å². The minimum atomic E-state index is 0.249. The van der Waals surface area contributed by atoms with Crippen molar-refractivity contribution < 1.29 is 14.0 Å². The zero-order chi connectivity index (χ0) is 17.5. The highest BCUT2D eigenvalue weighted by atomic mass is 16.5. The minimum absolute atomic E-state index is 0.249. The number of hydrogen-bond donors (Lipinski definition) is 0. The molecular formula is C20H26N2O3. The van der Waals surface area contributed by atoms with E-state index in [2.05, 4.69) is 17.1 Å². The molecule has 2 aromatic rings. The lowest BCUT2D eigenvalue weighted by Gasteiger charge is -2.07. The predicted octanol–water partition coefficient (Wildman–Crippen LogP) is 4.33. The average Bonchev–Trinajstić information content (AvgIpc) is 3.23. The fourth-order valence-electron chi connectivity index (χ4n) is 2.80. The number of aryl methyl sites for hydroxylation is 2. The Morgan fingerprint density at radius 2 is 1.92 bits per heavy atom. The molecule has 5 nitrogen and oxygen atoms in total. The maximum absolute atomic E-state index is 5.80. The molecule has 0 N–H and O–H groups in total. The molecule has 1 aromatic heterocycles. The maximum Gasteiger partial charge on any atom is 0.216 e. The number of nitrogens with zero attached hydrogens (tertiary/aromatic N) is 2. The molecule has 0 fully saturated rings. The highest BCUT2D eigenvalue weighted by Crippen LogP contribution is 2.17. The SMILES string of the molecule is Cc1cc(CCCCCCOc2ccc(C3=NC(C)CO3)cc2)on1. The molecule has 2 heterocycles. The van der Waals surface area contributed by atoms with Gasteiger partial charge in [-0.2, -0.15) is 0 Å². The van der Waals surface area contributed by atoms with Crippen molar-refractivity contribution in [1.82, 2.24) is 5.16 Å². The first-order valence-corrected chi connectivity index (χ1v) is 9.07. The Bertz CT molecular complexity index is 691. The van der Waals surface area contributed by atoms with Crippen LogP contribution in [0.5, 0.6) is 5.75 Å². The van der Waals surface area contributed by atoms with E-state index in [1.807, 2.05) is 37.3 Å². The van der Waals surface area contributed by atoms with Gasteiger partial charge in [-0.3, -0.25) is 0 Å². The quantitative estimate of drug-likeness (QED) is 0.637. The maximum atomic E-state index is 5.80. The normalized spacial score (nSPS) is 16.6. The molecule has 0 saturated carbocycles. The fourth-order valence-corrected chi connectivity index (χ4v) is 2.80. The molecule has 0 bridgehead atoms. The molecule has 5 heteroatoms. The third-order valence-electron chi connectivity index (χ3n) is 4.16. The van der Waals surface area contributed by atoms with E-state index in [1.54, 1.807) is 0 Å². The van der Waals surface area contributed by atoms with Crippen LogP contribution in [0.1, 0.15) is 49.6 Å². The monoisotopic (exact) mass is 342 g/mol. The first kappa shape index (κ1) is 17.5. The molecular weight excluding hydrogens is 316 g/mol. The van der Waals surface area contributed by atoms with Crippen LogP contribution in [0.4, 0.5) is 0 Å². The van der Waals surface area contributed by atoms with Gasteiger partial charge in [0.05, 0.1) is 18.3 Å². The van der Waals surface area contributed by atoms with Crippen LogP contribution in [-0.4, -0.2) is 30.3 Å². The smallest absolute Gasteiger partial charge is 0.216 e. The Kier molecular flexibility index (Phi) is 6.09. The molecule has 1 atom stereocenters. The van der Waals surface area contributed by atoms with Gasteiger partial charge in [0.2, 0.25) is 5.90 Å². The summed E-state index contributed by atoms with van der Waals surface area (Å²) >= 11 is 0. The number of benzene rings is 1. The Morgan fingerprint density at radius 3 is 2.60 bits per heavy atom. The van der Waals surface area contributed by atoms with Crippen molar-refractivity contribution in [1.29, 1.82) is 0 Å². The Hall–Kier alpha value is -2.30. The summed E-state index contributed by atoms with van der Waals surface area (Å²) in [5.41, 5.74) is 1.97. The van der Waals surface area contributed by atoms with Gasteiger partial charge in [0, 0.05) is 18.1 Å². The average molecular weight is 342 g/mol. The van der Waals surface area contributed by atoms with Crippen LogP contribution in [-0.2, 0) is 11.2 Å². The van der Waals surface area contributed by atoms with Gasteiger partial charge in [0.15, 0.2) is 0 Å². The van der Waals surface area contributed by atoms with Crippen LogP contribution in [0.2, 0.25) is 0 Å². The summed E-state index contributed by atoms with van der Waals surface area (Å²) in [6.07, 6.45) is 5.49. The van der Waals surface area contributed by atoms with E-state index in [0.717, 1.165) is 61.0 Å². The van der Waals surface area contributed by atoms with Gasteiger partial charge in [0.25, 0.3) is 0 Å². The third kappa shape index (κ3) is 5.34. The van der Waals surface area contributed by atoms with E-state index in [1.165, 1.54) is 6.42 Å². The van der Waals surface area contributed by atoms with E-state index < -0.39 is 0 Å². The van der Waals surface area contributed by atoms with Crippen LogP contribution in [0.3, 0.4) is 0 Å². The molecule has 25 heavy (non-hydrogen) atoms. The molecule has 134 valence electrons. The summed E-state index contributed by atoms with van der Waals surface area (Å²) in [7, 11) is 0. The highest BCUT2D eigenvalue weighted by molar-refractivity contribution is 5.95. The van der Waals surface area contributed by atoms with E-state index in [9.17, 15) is 0 Å². The molecule has 1 aromatic carbocycles. The van der Waals surface area contributed by atoms with Gasteiger partial charge in [-0.25, -0.2) is 4.99 Å². The second kappa shape index (κ2) is 8.70. The van der Waals surface area contributed by atoms with Gasteiger partial charge in [0.1, 0.15) is 18.1 Å². The van der Waals surface area contributed by atoms with E-state index in [4.69, 9.17) is 14.0 Å². The first-order chi connectivity index (χ1) is 12.2. The number of ether oxygens (including phenoxy) is 2. The first-order valence-electron chi connectivity index (χ1n) is 9.07. The zero-order valence-electron chi connectivity index (χ0n) is 15.0. The predicted molar refractivity (Wildman–Crippen MR) is 97.3 cm³/mol. The van der Waals surface area contributed by atoms with Crippen molar-refractivity contribution in [2.45, 2.75) is 52.0 Å². The van der Waals surface area contributed by atoms with Crippen molar-refractivity contribution >= 4 is 5.90 Å². The van der Waals surface area contributed by atoms with Crippen molar-refractivity contribution in [3.8, 4) is 5.75 Å². The van der Waals surface area contributed by atoms with E-state index in [0.29, 0.717) is 6.61 Å². The number of aromatic nitrogens is 1. The molecule has 0 aliphatic carbocycles. The lowest BCUT2D eigenvalue weighted by Crippen LogP contribution is -2.02. The lowest BCUT2D eigenvalue weighted by molar-refractivity contribution is 0.303. The summed E-state index contributed by atoms with van der Waals surface area (Å²) in [6, 6.07) is 10.2. The number of unbranched alkanes of at least 4 members (excludes halogenated alkanes) is 3. The zero-order valence-corrected chi connectivity index (χ0v) is 15.0. The highest BCUT2D eigenvalue weighted by Gasteiger charge is 2.15. The van der Waals surface area contributed by atoms with Crippen LogP contribution in [0.25, 0.3) is 0 Å². The third-order valence-corrected chi connectivity index (χ3v) is 4.16. The standard InChI is InChI=1S/C20H26N2O3/c1-15-13-19(25-22-15)7-5-3-4-6-12-23-18-10-8-17(9-11-18)20-21-16(2)14-24-20/h8-11,13,16H,3-7,12,14H2,1-2H3. The molecule has 1 unspecified atom stereocenters. The Balaban J connectivity index is 1.29. The second-order valence-corrected chi connectivity index (χ2v) is 6.57. The van der Waals surface area contributed by atoms with Crippen molar-refractivity contribution in [2.75, 3.05) is 13.2 Å². The van der Waals surface area contributed by atoms with Crippen molar-refractivity contribution in [2.24, 2.45) is 4.99 Å². The van der Waals surface area contributed by atoms with Gasteiger partial charge < -0.3 is 14.0 Å². The van der Waals surface area contributed by atoms with Crippen LogP contribution >= 0.6 is 0 Å². The lowest BCUT2D eigenvalue weighted by atomic mass is 10.1. The summed E-state index contributed by atoms with van der Waals surface area (Å²) in [5, 5.41) is 3.90. The van der Waals surface area contributed by atoms with Crippen LogP contribution < -0.4 is 4.74 Å². The Labute approximate surface area is 149 Å². The number of hydrogen-bond acceptors (Lipinski definition) is 5. The van der Waals surface area contributed by atoms with Crippen LogP contribution in [0, 0.1) is 6.92 Å². The number of rotatable bonds is 9. The number of aliphatic imine (C=N–C) groups is 1. The molecule has 1 aliphatic rings. The summed E-state index contributed by atoms with van der Waals surface area (Å²) in [4.78, 5) is 4.46. The van der Waals surface area contributed by atoms with E-state index in [-0.39, 0.29) is 6.04 Å². The molecule has 0 amide bonds. The van der Waals surface area contributed by atoms with Gasteiger partial charge >= 0.3 is 0 Å². The molecule has 1 aliphatic heterocycles. The fraction of sp³-hybridized carbons (Fsp3) is 0.500. The summed E-state index contributed by atoms with van der Waals surface area (Å²) in [5.74, 6) is 2.62. The molecule has 0 spiro atoms.